The van der Waals surface area contributed by atoms with Gasteiger partial charge in [-0.3, -0.25) is 4.79 Å². The summed E-state index contributed by atoms with van der Waals surface area (Å²) in [5.41, 5.74) is 0. The predicted molar refractivity (Wildman–Crippen MR) is 60.2 cm³/mol. The average Bonchev–Trinajstić information content (AvgIpc) is 2.96. The Hall–Kier alpha value is -1.09. The molecule has 2 heterocycles. The van der Waals surface area contributed by atoms with Crippen LogP contribution in [0.25, 0.3) is 0 Å². The number of furan rings is 1. The summed E-state index contributed by atoms with van der Waals surface area (Å²) in [6, 6.07) is 3.76. The monoisotopic (exact) mass is 222 g/mol. The first-order valence-electron chi connectivity index (χ1n) is 6.00. The molecule has 0 aromatic carbocycles. The van der Waals surface area contributed by atoms with E-state index in [1.54, 1.807) is 6.26 Å². The molecule has 1 unspecified atom stereocenters. The standard InChI is InChI=1S/C13H18O3/c14-11(5-7-12-3-1-9-15-12)6-8-13-4-2-10-16-13/h1,3,9,13H,2,4-8,10H2. The van der Waals surface area contributed by atoms with Gasteiger partial charge in [0, 0.05) is 25.9 Å². The Morgan fingerprint density at radius 1 is 1.44 bits per heavy atom. The molecule has 16 heavy (non-hydrogen) atoms. The van der Waals surface area contributed by atoms with Gasteiger partial charge in [0.1, 0.15) is 11.5 Å². The van der Waals surface area contributed by atoms with Gasteiger partial charge in [-0.25, -0.2) is 0 Å². The number of aryl methyl sites for hydroxylation is 1. The van der Waals surface area contributed by atoms with E-state index in [0.717, 1.165) is 38.1 Å². The van der Waals surface area contributed by atoms with Crippen LogP contribution in [-0.4, -0.2) is 18.5 Å². The molecule has 0 amide bonds. The second kappa shape index (κ2) is 5.85. The minimum atomic E-state index is 0.312. The van der Waals surface area contributed by atoms with Crippen molar-refractivity contribution in [3.05, 3.63) is 24.2 Å². The van der Waals surface area contributed by atoms with Crippen molar-refractivity contribution in [1.82, 2.24) is 0 Å². The number of carbonyl (C=O) groups is 1. The molecule has 3 heteroatoms. The highest BCUT2D eigenvalue weighted by Gasteiger charge is 2.16. The number of Topliss-reactive ketones (excluding diaryl/α,β-unsaturated/α-hetero) is 1. The summed E-state index contributed by atoms with van der Waals surface area (Å²) < 4.78 is 10.7. The maximum atomic E-state index is 11.6. The lowest BCUT2D eigenvalue weighted by Gasteiger charge is -2.07. The number of hydrogen-bond donors (Lipinski definition) is 0. The topological polar surface area (TPSA) is 39.4 Å². The Kier molecular flexibility index (Phi) is 4.17. The van der Waals surface area contributed by atoms with E-state index < -0.39 is 0 Å². The van der Waals surface area contributed by atoms with Gasteiger partial charge in [-0.15, -0.1) is 0 Å². The highest BCUT2D eigenvalue weighted by Crippen LogP contribution is 2.17. The molecule has 0 saturated carbocycles. The quantitative estimate of drug-likeness (QED) is 0.743. The van der Waals surface area contributed by atoms with Crippen molar-refractivity contribution >= 4 is 5.78 Å². The SMILES string of the molecule is O=C(CCc1ccco1)CCC1CCCO1. The molecule has 1 atom stereocenters. The summed E-state index contributed by atoms with van der Waals surface area (Å²) in [5.74, 6) is 1.21. The van der Waals surface area contributed by atoms with Crippen molar-refractivity contribution in [2.45, 2.75) is 44.6 Å². The van der Waals surface area contributed by atoms with Gasteiger partial charge in [0.2, 0.25) is 0 Å². The van der Waals surface area contributed by atoms with Crippen LogP contribution < -0.4 is 0 Å². The number of ether oxygens (including phenoxy) is 1. The zero-order chi connectivity index (χ0) is 11.2. The Morgan fingerprint density at radius 3 is 3.06 bits per heavy atom. The second-order valence-corrected chi connectivity index (χ2v) is 4.29. The molecule has 0 radical (unpaired) electrons. The Bertz CT molecular complexity index is 310. The first-order chi connectivity index (χ1) is 7.84. The lowest BCUT2D eigenvalue weighted by atomic mass is 10.1. The molecule has 3 nitrogen and oxygen atoms in total. The number of hydrogen-bond acceptors (Lipinski definition) is 3. The van der Waals surface area contributed by atoms with Gasteiger partial charge in [-0.1, -0.05) is 0 Å². The first-order valence-corrected chi connectivity index (χ1v) is 6.00. The van der Waals surface area contributed by atoms with Crippen molar-refractivity contribution in [3.8, 4) is 0 Å². The van der Waals surface area contributed by atoms with Crippen molar-refractivity contribution in [2.24, 2.45) is 0 Å². The van der Waals surface area contributed by atoms with Gasteiger partial charge in [-0.2, -0.15) is 0 Å². The van der Waals surface area contributed by atoms with Gasteiger partial charge < -0.3 is 9.15 Å². The zero-order valence-electron chi connectivity index (χ0n) is 9.48. The molecular weight excluding hydrogens is 204 g/mol. The smallest absolute Gasteiger partial charge is 0.133 e. The summed E-state index contributed by atoms with van der Waals surface area (Å²) in [4.78, 5) is 11.6. The lowest BCUT2D eigenvalue weighted by Crippen LogP contribution is -2.09. The molecule has 1 aromatic heterocycles. The summed E-state index contributed by atoms with van der Waals surface area (Å²) in [6.07, 6.45) is 7.07. The molecule has 1 aromatic rings. The fourth-order valence-electron chi connectivity index (χ4n) is 2.04. The molecule has 2 rings (SSSR count). The average molecular weight is 222 g/mol. The van der Waals surface area contributed by atoms with Crippen LogP contribution in [0.2, 0.25) is 0 Å². The first kappa shape index (κ1) is 11.4. The largest absolute Gasteiger partial charge is 0.469 e. The van der Waals surface area contributed by atoms with Crippen LogP contribution >= 0.6 is 0 Å². The van der Waals surface area contributed by atoms with E-state index in [1.165, 1.54) is 0 Å². The van der Waals surface area contributed by atoms with Gasteiger partial charge in [-0.05, 0) is 31.4 Å². The third kappa shape index (κ3) is 3.49. The van der Waals surface area contributed by atoms with E-state index in [4.69, 9.17) is 9.15 Å². The minimum Gasteiger partial charge on any atom is -0.469 e. The van der Waals surface area contributed by atoms with E-state index in [1.807, 2.05) is 12.1 Å². The molecule has 0 N–H and O–H groups in total. The fraction of sp³-hybridized carbons (Fsp3) is 0.615. The van der Waals surface area contributed by atoms with Gasteiger partial charge >= 0.3 is 0 Å². The van der Waals surface area contributed by atoms with Crippen molar-refractivity contribution in [2.75, 3.05) is 6.61 Å². The molecule has 1 fully saturated rings. The second-order valence-electron chi connectivity index (χ2n) is 4.29. The molecule has 1 aliphatic rings. The van der Waals surface area contributed by atoms with Gasteiger partial charge in [0.05, 0.1) is 12.4 Å². The molecule has 0 aliphatic carbocycles. The van der Waals surface area contributed by atoms with Crippen molar-refractivity contribution in [1.29, 1.82) is 0 Å². The maximum absolute atomic E-state index is 11.6. The van der Waals surface area contributed by atoms with Crippen LogP contribution in [0.15, 0.2) is 22.8 Å². The molecule has 0 spiro atoms. The Balaban J connectivity index is 1.60. The van der Waals surface area contributed by atoms with E-state index >= 15 is 0 Å². The number of ketones is 1. The Morgan fingerprint density at radius 2 is 2.38 bits per heavy atom. The minimum absolute atomic E-state index is 0.312. The number of rotatable bonds is 6. The van der Waals surface area contributed by atoms with Crippen LogP contribution in [0.4, 0.5) is 0 Å². The van der Waals surface area contributed by atoms with Crippen molar-refractivity contribution in [3.63, 3.8) is 0 Å². The van der Waals surface area contributed by atoms with Crippen LogP contribution in [0.1, 0.15) is 37.9 Å². The normalized spacial score (nSPS) is 20.1. The van der Waals surface area contributed by atoms with Crippen LogP contribution in [0.5, 0.6) is 0 Å². The highest BCUT2D eigenvalue weighted by molar-refractivity contribution is 5.78. The van der Waals surface area contributed by atoms with Crippen LogP contribution in [-0.2, 0) is 16.0 Å². The van der Waals surface area contributed by atoms with E-state index in [9.17, 15) is 4.79 Å². The van der Waals surface area contributed by atoms with Gasteiger partial charge in [0.25, 0.3) is 0 Å². The van der Waals surface area contributed by atoms with Gasteiger partial charge in [0.15, 0.2) is 0 Å². The summed E-state index contributed by atoms with van der Waals surface area (Å²) in [5, 5.41) is 0. The van der Waals surface area contributed by atoms with Crippen LogP contribution in [0.3, 0.4) is 0 Å². The fourth-order valence-corrected chi connectivity index (χ4v) is 2.04. The lowest BCUT2D eigenvalue weighted by molar-refractivity contribution is -0.119. The summed E-state index contributed by atoms with van der Waals surface area (Å²) in [6.45, 7) is 0.866. The molecule has 1 aliphatic heterocycles. The molecule has 1 saturated heterocycles. The third-order valence-corrected chi connectivity index (χ3v) is 3.00. The summed E-state index contributed by atoms with van der Waals surface area (Å²) >= 11 is 0. The molecule has 0 bridgehead atoms. The number of carbonyl (C=O) groups excluding carboxylic acids is 1. The van der Waals surface area contributed by atoms with E-state index in [0.29, 0.717) is 24.7 Å². The zero-order valence-corrected chi connectivity index (χ0v) is 9.48. The summed E-state index contributed by atoms with van der Waals surface area (Å²) in [7, 11) is 0. The Labute approximate surface area is 95.8 Å². The third-order valence-electron chi connectivity index (χ3n) is 3.00. The molecule has 88 valence electrons. The van der Waals surface area contributed by atoms with E-state index in [-0.39, 0.29) is 0 Å². The maximum Gasteiger partial charge on any atom is 0.133 e. The highest BCUT2D eigenvalue weighted by atomic mass is 16.5. The van der Waals surface area contributed by atoms with E-state index in [2.05, 4.69) is 0 Å². The molecular formula is C13H18O3. The van der Waals surface area contributed by atoms with Crippen LogP contribution in [0, 0.1) is 0 Å². The predicted octanol–water partition coefficient (Wildman–Crippen LogP) is 2.74. The van der Waals surface area contributed by atoms with Crippen molar-refractivity contribution < 1.29 is 13.9 Å².